The number of rotatable bonds is 6. The summed E-state index contributed by atoms with van der Waals surface area (Å²) in [6.45, 7) is 7.68. The molecule has 2 atom stereocenters. The number of piperazine rings is 1. The Hall–Kier alpha value is -1.48. The van der Waals surface area contributed by atoms with Gasteiger partial charge in [-0.15, -0.1) is 0 Å². The summed E-state index contributed by atoms with van der Waals surface area (Å²) >= 11 is 0. The lowest BCUT2D eigenvalue weighted by Gasteiger charge is -2.36. The van der Waals surface area contributed by atoms with Crippen LogP contribution in [0, 0.1) is 0 Å². The van der Waals surface area contributed by atoms with Crippen LogP contribution in [0.2, 0.25) is 0 Å². The lowest BCUT2D eigenvalue weighted by molar-refractivity contribution is -0.121. The molecule has 1 aliphatic rings. The molecule has 0 spiro atoms. The fourth-order valence-corrected chi connectivity index (χ4v) is 3.68. The van der Waals surface area contributed by atoms with Gasteiger partial charge in [-0.25, -0.2) is 5.14 Å². The van der Waals surface area contributed by atoms with E-state index in [1.807, 2.05) is 36.1 Å². The van der Waals surface area contributed by atoms with Crippen LogP contribution in [0.25, 0.3) is 0 Å². The van der Waals surface area contributed by atoms with E-state index in [1.54, 1.807) is 0 Å². The third kappa shape index (κ3) is 5.01. The Labute approximate surface area is 150 Å². The van der Waals surface area contributed by atoms with Crippen LogP contribution in [0.15, 0.2) is 24.3 Å². The third-order valence-electron chi connectivity index (χ3n) is 4.92. The molecular formula is C17H28N4O3S. The molecule has 7 nitrogen and oxygen atoms in total. The zero-order valence-electron chi connectivity index (χ0n) is 15.1. The second kappa shape index (κ2) is 8.27. The molecule has 2 rings (SSSR count). The molecule has 1 aromatic carbocycles. The van der Waals surface area contributed by atoms with Crippen molar-refractivity contribution in [1.29, 1.82) is 0 Å². The Morgan fingerprint density at radius 2 is 1.80 bits per heavy atom. The Morgan fingerprint density at radius 1 is 1.20 bits per heavy atom. The topological polar surface area (TPSA) is 95.7 Å². The summed E-state index contributed by atoms with van der Waals surface area (Å²) < 4.78 is 24.0. The molecule has 1 fully saturated rings. The van der Waals surface area contributed by atoms with Crippen LogP contribution in [0.1, 0.15) is 38.7 Å². The fourth-order valence-electron chi connectivity index (χ4n) is 3.01. The number of hydrogen-bond donors (Lipinski definition) is 2. The molecule has 0 radical (unpaired) electrons. The van der Waals surface area contributed by atoms with E-state index in [-0.39, 0.29) is 11.9 Å². The highest BCUT2D eigenvalue weighted by molar-refractivity contribution is 7.86. The minimum atomic E-state index is -3.66. The number of nitrogens with one attached hydrogen (secondary N) is 1. The summed E-state index contributed by atoms with van der Waals surface area (Å²) in [7, 11) is -3.66. The molecule has 8 heteroatoms. The number of carbonyl (C=O) groups is 1. The summed E-state index contributed by atoms with van der Waals surface area (Å²) in [4.78, 5) is 14.6. The first-order chi connectivity index (χ1) is 11.7. The molecule has 1 aromatic rings. The van der Waals surface area contributed by atoms with Crippen molar-refractivity contribution >= 4 is 21.8 Å². The van der Waals surface area contributed by atoms with Crippen LogP contribution in [-0.4, -0.2) is 55.8 Å². The molecule has 0 saturated carbocycles. The highest BCUT2D eigenvalue weighted by Gasteiger charge is 2.29. The van der Waals surface area contributed by atoms with Crippen molar-refractivity contribution in [3.63, 3.8) is 0 Å². The van der Waals surface area contributed by atoms with Gasteiger partial charge in [-0.2, -0.15) is 12.7 Å². The largest absolute Gasteiger partial charge is 0.324 e. The second-order valence-electron chi connectivity index (χ2n) is 6.54. The molecular weight excluding hydrogens is 340 g/mol. The number of carbonyl (C=O) groups excluding carboxylic acids is 1. The Kier molecular flexibility index (Phi) is 6.56. The number of anilines is 1. The maximum absolute atomic E-state index is 12.6. The molecule has 2 unspecified atom stereocenters. The van der Waals surface area contributed by atoms with E-state index in [0.717, 1.165) is 17.7 Å². The molecule has 25 heavy (non-hydrogen) atoms. The Morgan fingerprint density at radius 3 is 2.36 bits per heavy atom. The molecule has 140 valence electrons. The predicted molar refractivity (Wildman–Crippen MR) is 99.5 cm³/mol. The normalized spacial score (nSPS) is 19.4. The van der Waals surface area contributed by atoms with Crippen LogP contribution in [0.4, 0.5) is 5.69 Å². The third-order valence-corrected chi connectivity index (χ3v) is 6.01. The van der Waals surface area contributed by atoms with Gasteiger partial charge in [0, 0.05) is 31.9 Å². The Bertz CT molecular complexity index is 700. The fraction of sp³-hybridized carbons (Fsp3) is 0.588. The van der Waals surface area contributed by atoms with Gasteiger partial charge in [0.15, 0.2) is 0 Å². The standard InChI is InChI=1S/C17H28N4O3S/c1-4-13(2)15-7-5-6-8-16(15)19-17(22)14(3)20-9-11-21(12-10-20)25(18,23)24/h5-8,13-14H,4,9-12H2,1-3H3,(H,19,22)(H2,18,23,24). The van der Waals surface area contributed by atoms with Gasteiger partial charge >= 0.3 is 0 Å². The van der Waals surface area contributed by atoms with Gasteiger partial charge < -0.3 is 5.32 Å². The summed E-state index contributed by atoms with van der Waals surface area (Å²) in [6.07, 6.45) is 0.998. The first kappa shape index (κ1) is 19.8. The van der Waals surface area contributed by atoms with E-state index in [2.05, 4.69) is 19.2 Å². The number of benzene rings is 1. The molecule has 1 aliphatic heterocycles. The van der Waals surface area contributed by atoms with Crippen LogP contribution in [0.5, 0.6) is 0 Å². The lowest BCUT2D eigenvalue weighted by atomic mass is 9.97. The van der Waals surface area contributed by atoms with Crippen LogP contribution >= 0.6 is 0 Å². The second-order valence-corrected chi connectivity index (χ2v) is 8.09. The van der Waals surface area contributed by atoms with E-state index >= 15 is 0 Å². The summed E-state index contributed by atoms with van der Waals surface area (Å²) in [5, 5.41) is 8.18. The molecule has 3 N–H and O–H groups in total. The maximum Gasteiger partial charge on any atom is 0.276 e. The van der Waals surface area contributed by atoms with E-state index < -0.39 is 10.2 Å². The first-order valence-electron chi connectivity index (χ1n) is 8.65. The summed E-state index contributed by atoms with van der Waals surface area (Å²) in [5.41, 5.74) is 1.97. The minimum absolute atomic E-state index is 0.0835. The number of nitrogens with zero attached hydrogens (tertiary/aromatic N) is 2. The lowest BCUT2D eigenvalue weighted by Crippen LogP contribution is -2.55. The molecule has 0 aliphatic carbocycles. The highest BCUT2D eigenvalue weighted by Crippen LogP contribution is 2.26. The van der Waals surface area contributed by atoms with Crippen LogP contribution in [0.3, 0.4) is 0 Å². The zero-order chi connectivity index (χ0) is 18.6. The number of nitrogens with two attached hydrogens (primary N) is 1. The van der Waals surface area contributed by atoms with E-state index in [4.69, 9.17) is 5.14 Å². The average Bonchev–Trinajstić information content (AvgIpc) is 2.60. The maximum atomic E-state index is 12.6. The zero-order valence-corrected chi connectivity index (χ0v) is 15.9. The van der Waals surface area contributed by atoms with Gasteiger partial charge in [0.25, 0.3) is 10.2 Å². The van der Waals surface area contributed by atoms with Crippen molar-refractivity contribution in [2.24, 2.45) is 5.14 Å². The van der Waals surface area contributed by atoms with Crippen molar-refractivity contribution in [1.82, 2.24) is 9.21 Å². The molecule has 1 heterocycles. The molecule has 0 bridgehead atoms. The van der Waals surface area contributed by atoms with Crippen LogP contribution < -0.4 is 10.5 Å². The van der Waals surface area contributed by atoms with Crippen molar-refractivity contribution in [3.8, 4) is 0 Å². The van der Waals surface area contributed by atoms with Gasteiger partial charge in [-0.1, -0.05) is 32.0 Å². The summed E-state index contributed by atoms with van der Waals surface area (Å²) in [6, 6.07) is 7.52. The molecule has 1 saturated heterocycles. The smallest absolute Gasteiger partial charge is 0.276 e. The SMILES string of the molecule is CCC(C)c1ccccc1NC(=O)C(C)N1CCN(S(N)(=O)=O)CC1. The van der Waals surface area contributed by atoms with E-state index in [1.165, 1.54) is 4.31 Å². The van der Waals surface area contributed by atoms with Crippen molar-refractivity contribution < 1.29 is 13.2 Å². The van der Waals surface area contributed by atoms with Gasteiger partial charge in [-0.05, 0) is 30.9 Å². The quantitative estimate of drug-likeness (QED) is 0.792. The number of hydrogen-bond acceptors (Lipinski definition) is 4. The predicted octanol–water partition coefficient (Wildman–Crippen LogP) is 1.35. The van der Waals surface area contributed by atoms with Gasteiger partial charge in [-0.3, -0.25) is 9.69 Å². The van der Waals surface area contributed by atoms with Gasteiger partial charge in [0.1, 0.15) is 0 Å². The van der Waals surface area contributed by atoms with Crippen molar-refractivity contribution in [2.75, 3.05) is 31.5 Å². The molecule has 1 amide bonds. The Balaban J connectivity index is 2.00. The first-order valence-corrected chi connectivity index (χ1v) is 10.2. The average molecular weight is 369 g/mol. The monoisotopic (exact) mass is 368 g/mol. The minimum Gasteiger partial charge on any atom is -0.324 e. The van der Waals surface area contributed by atoms with E-state index in [9.17, 15) is 13.2 Å². The van der Waals surface area contributed by atoms with E-state index in [0.29, 0.717) is 32.1 Å². The summed E-state index contributed by atoms with van der Waals surface area (Å²) in [5.74, 6) is 0.282. The van der Waals surface area contributed by atoms with Gasteiger partial charge in [0.05, 0.1) is 6.04 Å². The number of amides is 1. The number of para-hydroxylation sites is 1. The van der Waals surface area contributed by atoms with Crippen molar-refractivity contribution in [3.05, 3.63) is 29.8 Å². The highest BCUT2D eigenvalue weighted by atomic mass is 32.2. The molecule has 0 aromatic heterocycles. The van der Waals surface area contributed by atoms with Gasteiger partial charge in [0.2, 0.25) is 5.91 Å². The van der Waals surface area contributed by atoms with Crippen molar-refractivity contribution in [2.45, 2.75) is 39.2 Å². The van der Waals surface area contributed by atoms with Crippen LogP contribution in [-0.2, 0) is 15.0 Å².